The quantitative estimate of drug-likeness (QED) is 0.777. The Kier molecular flexibility index (Phi) is 4.39. The summed E-state index contributed by atoms with van der Waals surface area (Å²) in [6.07, 6.45) is 5.65. The fraction of sp³-hybridized carbons (Fsp3) is 0.600. The molecule has 0 aliphatic carbocycles. The lowest BCUT2D eigenvalue weighted by molar-refractivity contribution is -0.120. The molecule has 2 aliphatic rings. The maximum absolute atomic E-state index is 12.6. The maximum Gasteiger partial charge on any atom is 0.255 e. The number of rotatable bonds is 2. The smallest absolute Gasteiger partial charge is 0.255 e. The predicted molar refractivity (Wildman–Crippen MR) is 84.5 cm³/mol. The van der Waals surface area contributed by atoms with Crippen LogP contribution in [0.4, 0.5) is 0 Å². The second-order valence-electron chi connectivity index (χ2n) is 6.16. The third-order valence-electron chi connectivity index (χ3n) is 4.55. The molecule has 0 saturated carbocycles. The van der Waals surface area contributed by atoms with Gasteiger partial charge in [0.15, 0.2) is 0 Å². The Morgan fingerprint density at radius 1 is 1.30 bits per heavy atom. The van der Waals surface area contributed by atoms with Crippen molar-refractivity contribution in [1.82, 2.24) is 14.2 Å². The van der Waals surface area contributed by atoms with Crippen LogP contribution in [-0.2, 0) is 14.8 Å². The number of amides is 1. The summed E-state index contributed by atoms with van der Waals surface area (Å²) in [7, 11) is -3.17. The number of hydrogen-bond donors (Lipinski definition) is 0. The van der Waals surface area contributed by atoms with Gasteiger partial charge in [-0.15, -0.1) is 0 Å². The Labute approximate surface area is 136 Å². The highest BCUT2D eigenvalue weighted by Crippen LogP contribution is 2.31. The van der Waals surface area contributed by atoms with Gasteiger partial charge in [0, 0.05) is 32.0 Å². The van der Waals surface area contributed by atoms with E-state index in [1.54, 1.807) is 29.4 Å². The Bertz CT molecular complexity index is 669. The van der Waals surface area contributed by atoms with Crippen LogP contribution in [0.15, 0.2) is 24.5 Å². The molecular formula is C15H21N3O4S. The molecule has 126 valence electrons. The molecule has 0 unspecified atom stereocenters. The number of sulfonamides is 1. The second kappa shape index (κ2) is 6.18. The van der Waals surface area contributed by atoms with Gasteiger partial charge in [-0.1, -0.05) is 0 Å². The van der Waals surface area contributed by atoms with Gasteiger partial charge < -0.3 is 9.64 Å². The van der Waals surface area contributed by atoms with Gasteiger partial charge >= 0.3 is 0 Å². The number of aromatic nitrogens is 1. The van der Waals surface area contributed by atoms with Crippen LogP contribution in [0.25, 0.3) is 0 Å². The fourth-order valence-electron chi connectivity index (χ4n) is 3.22. The number of piperidine rings is 1. The van der Waals surface area contributed by atoms with E-state index >= 15 is 0 Å². The van der Waals surface area contributed by atoms with Crippen LogP contribution in [-0.4, -0.2) is 73.2 Å². The molecule has 0 atom stereocenters. The van der Waals surface area contributed by atoms with Crippen LogP contribution in [0.1, 0.15) is 23.2 Å². The van der Waals surface area contributed by atoms with Gasteiger partial charge in [0.1, 0.15) is 0 Å². The highest BCUT2D eigenvalue weighted by atomic mass is 32.2. The van der Waals surface area contributed by atoms with E-state index in [9.17, 15) is 13.2 Å². The Morgan fingerprint density at radius 3 is 2.65 bits per heavy atom. The fourth-order valence-corrected chi connectivity index (χ4v) is 4.06. The molecule has 0 bridgehead atoms. The van der Waals surface area contributed by atoms with E-state index in [1.807, 2.05) is 0 Å². The predicted octanol–water partition coefficient (Wildman–Crippen LogP) is 0.348. The van der Waals surface area contributed by atoms with Crippen LogP contribution in [0, 0.1) is 0 Å². The third-order valence-corrected chi connectivity index (χ3v) is 5.85. The van der Waals surface area contributed by atoms with Crippen LogP contribution in [0.5, 0.6) is 0 Å². The Balaban J connectivity index is 1.68. The lowest BCUT2D eigenvalue weighted by Crippen LogP contribution is -2.58. The van der Waals surface area contributed by atoms with Crippen molar-refractivity contribution in [1.29, 1.82) is 0 Å². The molecule has 8 heteroatoms. The summed E-state index contributed by atoms with van der Waals surface area (Å²) >= 11 is 0. The van der Waals surface area contributed by atoms with Crippen LogP contribution in [0.2, 0.25) is 0 Å². The number of nitrogens with zero attached hydrogens (tertiary/aromatic N) is 3. The first-order chi connectivity index (χ1) is 10.9. The molecule has 0 N–H and O–H groups in total. The summed E-state index contributed by atoms with van der Waals surface area (Å²) < 4.78 is 30.7. The van der Waals surface area contributed by atoms with Gasteiger partial charge in [0.25, 0.3) is 5.91 Å². The van der Waals surface area contributed by atoms with E-state index in [0.29, 0.717) is 51.2 Å². The minimum absolute atomic E-state index is 0.0497. The molecule has 1 amide bonds. The average Bonchev–Trinajstić information content (AvgIpc) is 2.54. The average molecular weight is 339 g/mol. The maximum atomic E-state index is 12.6. The number of hydrogen-bond acceptors (Lipinski definition) is 5. The summed E-state index contributed by atoms with van der Waals surface area (Å²) in [5.41, 5.74) is 0.134. The van der Waals surface area contributed by atoms with Gasteiger partial charge in [0.2, 0.25) is 10.0 Å². The molecule has 2 fully saturated rings. The molecule has 1 aromatic heterocycles. The molecule has 2 saturated heterocycles. The number of ether oxygens (including phenoxy) is 1. The summed E-state index contributed by atoms with van der Waals surface area (Å²) in [5, 5.41) is 0. The van der Waals surface area contributed by atoms with Crippen molar-refractivity contribution < 1.29 is 17.9 Å². The lowest BCUT2D eigenvalue weighted by atomic mass is 9.90. The zero-order valence-electron chi connectivity index (χ0n) is 13.1. The van der Waals surface area contributed by atoms with Crippen molar-refractivity contribution in [2.75, 3.05) is 39.0 Å². The van der Waals surface area contributed by atoms with Crippen molar-refractivity contribution in [3.05, 3.63) is 30.1 Å². The van der Waals surface area contributed by atoms with Crippen molar-refractivity contribution >= 4 is 15.9 Å². The van der Waals surface area contributed by atoms with Crippen molar-refractivity contribution in [2.24, 2.45) is 0 Å². The van der Waals surface area contributed by atoms with E-state index in [-0.39, 0.29) is 5.91 Å². The zero-order chi connectivity index (χ0) is 16.5. The highest BCUT2D eigenvalue weighted by molar-refractivity contribution is 7.88. The van der Waals surface area contributed by atoms with E-state index in [4.69, 9.17) is 4.74 Å². The summed E-state index contributed by atoms with van der Waals surface area (Å²) in [5.74, 6) is -0.0497. The topological polar surface area (TPSA) is 79.8 Å². The molecule has 3 heterocycles. The molecule has 7 nitrogen and oxygen atoms in total. The molecule has 0 aromatic carbocycles. The number of pyridine rings is 1. The minimum atomic E-state index is -3.17. The molecule has 1 aromatic rings. The molecular weight excluding hydrogens is 318 g/mol. The van der Waals surface area contributed by atoms with Gasteiger partial charge in [-0.2, -0.15) is 0 Å². The van der Waals surface area contributed by atoms with Gasteiger partial charge in [-0.25, -0.2) is 12.7 Å². The molecule has 23 heavy (non-hydrogen) atoms. The van der Waals surface area contributed by atoms with Crippen LogP contribution >= 0.6 is 0 Å². The lowest BCUT2D eigenvalue weighted by Gasteiger charge is -2.46. The summed E-state index contributed by atoms with van der Waals surface area (Å²) in [4.78, 5) is 18.4. The summed E-state index contributed by atoms with van der Waals surface area (Å²) in [6, 6.07) is 3.50. The first-order valence-corrected chi connectivity index (χ1v) is 9.53. The summed E-state index contributed by atoms with van der Waals surface area (Å²) in [6.45, 7) is 2.40. The van der Waals surface area contributed by atoms with Crippen LogP contribution in [0.3, 0.4) is 0 Å². The highest BCUT2D eigenvalue weighted by Gasteiger charge is 2.42. The second-order valence-corrected chi connectivity index (χ2v) is 8.14. The first-order valence-electron chi connectivity index (χ1n) is 7.68. The first kappa shape index (κ1) is 16.4. The molecule has 0 radical (unpaired) electrons. The van der Waals surface area contributed by atoms with E-state index in [1.165, 1.54) is 10.6 Å². The minimum Gasteiger partial charge on any atom is -0.371 e. The Morgan fingerprint density at radius 2 is 2.04 bits per heavy atom. The number of carbonyl (C=O) groups excluding carboxylic acids is 1. The van der Waals surface area contributed by atoms with E-state index < -0.39 is 15.6 Å². The largest absolute Gasteiger partial charge is 0.371 e. The van der Waals surface area contributed by atoms with Gasteiger partial charge in [-0.3, -0.25) is 9.78 Å². The Hall–Kier alpha value is -1.51. The van der Waals surface area contributed by atoms with Crippen LogP contribution < -0.4 is 0 Å². The van der Waals surface area contributed by atoms with Gasteiger partial charge in [-0.05, 0) is 25.0 Å². The van der Waals surface area contributed by atoms with Crippen molar-refractivity contribution in [3.63, 3.8) is 0 Å². The van der Waals surface area contributed by atoms with Gasteiger partial charge in [0.05, 0.1) is 30.6 Å². The van der Waals surface area contributed by atoms with E-state index in [0.717, 1.165) is 0 Å². The third kappa shape index (κ3) is 3.54. The van der Waals surface area contributed by atoms with Crippen molar-refractivity contribution in [2.45, 2.75) is 18.4 Å². The standard InChI is InChI=1S/C15H21N3O4S/c1-23(20,21)18-7-4-15(5-8-18)12-17(9-10-22-15)14(19)13-3-2-6-16-11-13/h2-3,6,11H,4-5,7-10,12H2,1H3. The molecule has 2 aliphatic heterocycles. The number of morpholine rings is 1. The molecule has 1 spiro atoms. The number of carbonyl (C=O) groups is 1. The monoisotopic (exact) mass is 339 g/mol. The normalized spacial score (nSPS) is 22.2. The SMILES string of the molecule is CS(=O)(=O)N1CCC2(CC1)CN(C(=O)c1cccnc1)CCO2. The van der Waals surface area contributed by atoms with E-state index in [2.05, 4.69) is 4.98 Å². The zero-order valence-corrected chi connectivity index (χ0v) is 14.0. The van der Waals surface area contributed by atoms with Crippen molar-refractivity contribution in [3.8, 4) is 0 Å². The molecule has 3 rings (SSSR count).